The highest BCUT2D eigenvalue weighted by Gasteiger charge is 2.30. The lowest BCUT2D eigenvalue weighted by Crippen LogP contribution is -2.39. The second-order valence-corrected chi connectivity index (χ2v) is 14.3. The second kappa shape index (κ2) is 14.9. The molecule has 1 atom stereocenters. The highest BCUT2D eigenvalue weighted by Crippen LogP contribution is 2.37. The predicted octanol–water partition coefficient (Wildman–Crippen LogP) is 4.75. The van der Waals surface area contributed by atoms with Gasteiger partial charge in [-0.25, -0.2) is 14.8 Å². The van der Waals surface area contributed by atoms with E-state index in [0.717, 1.165) is 51.8 Å². The molecule has 6 heterocycles. The zero-order valence-corrected chi connectivity index (χ0v) is 31.5. The van der Waals surface area contributed by atoms with Gasteiger partial charge in [0, 0.05) is 74.7 Å². The van der Waals surface area contributed by atoms with Crippen LogP contribution in [0.1, 0.15) is 70.3 Å². The number of pyridine rings is 1. The number of imidazole rings is 1. The van der Waals surface area contributed by atoms with Gasteiger partial charge in [0.15, 0.2) is 5.82 Å². The summed E-state index contributed by atoms with van der Waals surface area (Å²) in [7, 11) is 5.58. The maximum atomic E-state index is 13.1. The molecule has 0 aliphatic carbocycles. The number of nitrogens with zero attached hydrogens (tertiary/aromatic N) is 6. The molecule has 8 rings (SSSR count). The summed E-state index contributed by atoms with van der Waals surface area (Å²) in [6, 6.07) is 11.5. The van der Waals surface area contributed by atoms with Crippen LogP contribution >= 0.6 is 0 Å². The number of carbonyl (C=O) groups excluding carboxylic acids is 3. The first-order chi connectivity index (χ1) is 27.1. The van der Waals surface area contributed by atoms with Gasteiger partial charge >= 0.3 is 5.69 Å². The number of aryl methyl sites for hydroxylation is 3. The Bertz CT molecular complexity index is 2660. The summed E-state index contributed by atoms with van der Waals surface area (Å²) in [4.78, 5) is 65.8. The predicted molar refractivity (Wildman–Crippen MR) is 210 cm³/mol. The van der Waals surface area contributed by atoms with Gasteiger partial charge in [0.1, 0.15) is 11.3 Å². The number of ether oxygens (including phenoxy) is 1. The summed E-state index contributed by atoms with van der Waals surface area (Å²) in [5.74, 6) is 5.36. The van der Waals surface area contributed by atoms with Gasteiger partial charge < -0.3 is 19.4 Å². The number of hydrogen-bond donors (Lipinski definition) is 2. The Morgan fingerprint density at radius 2 is 1.75 bits per heavy atom. The number of nitrogens with one attached hydrogen (secondary N) is 2. The highest BCUT2D eigenvalue weighted by molar-refractivity contribution is 6.03. The number of aromatic nitrogens is 5. The molecule has 0 unspecified atom stereocenters. The van der Waals surface area contributed by atoms with E-state index in [-0.39, 0.29) is 48.0 Å². The van der Waals surface area contributed by atoms with Crippen molar-refractivity contribution in [3.63, 3.8) is 0 Å². The Hall–Kier alpha value is -6.59. The number of piperidine rings is 1. The average molecular weight is 753 g/mol. The van der Waals surface area contributed by atoms with E-state index in [9.17, 15) is 19.2 Å². The molecule has 4 aromatic heterocycles. The molecule has 6 aromatic rings. The maximum absolute atomic E-state index is 13.1. The normalized spacial score (nSPS) is 16.1. The standard InChI is InChI=1S/C42H40N8O6/c1-24-16-27(20-44-37(24)41(53)43-13-5-6-25-7-9-35-32(17-25)33(23-56-35)30-8-10-36(51)47-40(30)52)39-45-21-29(22-46-39)48(2)28-18-31(26-11-14-55-15-12-26)38-34(19-28)49(3)42(54)50(38)4/h7,9,16-23,26,30H,8,10-15H2,1-4H3,(H,43,53)(H,47,51,52)/t30-/m1/s1. The topological polar surface area (TPSA) is 166 Å². The zero-order chi connectivity index (χ0) is 39.1. The Kier molecular flexibility index (Phi) is 9.69. The first kappa shape index (κ1) is 36.4. The van der Waals surface area contributed by atoms with Gasteiger partial charge in [-0.3, -0.25) is 33.8 Å². The van der Waals surface area contributed by atoms with Crippen molar-refractivity contribution < 1.29 is 23.5 Å². The SMILES string of the molecule is Cc1cc(-c2ncc(N(C)c3cc(C4CCOCC4)c4c(c3)n(C)c(=O)n4C)cn2)cnc1C(=O)NCC#Cc1ccc2occ([C@H]3CCC(=O)NC3=O)c2c1. The van der Waals surface area contributed by atoms with Gasteiger partial charge in [-0.2, -0.15) is 0 Å². The molecule has 2 saturated heterocycles. The van der Waals surface area contributed by atoms with Crippen LogP contribution in [0.3, 0.4) is 0 Å². The second-order valence-electron chi connectivity index (χ2n) is 14.3. The minimum absolute atomic E-state index is 0.0636. The number of fused-ring (bicyclic) bond motifs is 2. The number of rotatable bonds is 7. The summed E-state index contributed by atoms with van der Waals surface area (Å²) in [5.41, 5.74) is 8.22. The van der Waals surface area contributed by atoms with Gasteiger partial charge in [0.25, 0.3) is 5.91 Å². The summed E-state index contributed by atoms with van der Waals surface area (Å²) in [5, 5.41) is 5.97. The van der Waals surface area contributed by atoms with Crippen LogP contribution in [0.4, 0.5) is 11.4 Å². The number of benzene rings is 2. The highest BCUT2D eigenvalue weighted by atomic mass is 16.5. The van der Waals surface area contributed by atoms with Crippen molar-refractivity contribution in [1.29, 1.82) is 0 Å². The van der Waals surface area contributed by atoms with Crippen molar-refractivity contribution in [2.45, 2.75) is 44.4 Å². The Labute approximate surface area is 321 Å². The first-order valence-electron chi connectivity index (χ1n) is 18.5. The van der Waals surface area contributed by atoms with E-state index in [0.29, 0.717) is 47.7 Å². The van der Waals surface area contributed by atoms with Gasteiger partial charge in [0.05, 0.1) is 47.8 Å². The molecule has 3 amide bonds. The van der Waals surface area contributed by atoms with Crippen molar-refractivity contribution in [3.05, 3.63) is 99.7 Å². The Balaban J connectivity index is 0.937. The molecule has 284 valence electrons. The smallest absolute Gasteiger partial charge is 0.328 e. The fraction of sp³-hybridized carbons (Fsp3) is 0.310. The maximum Gasteiger partial charge on any atom is 0.328 e. The Morgan fingerprint density at radius 1 is 0.964 bits per heavy atom. The minimum atomic E-state index is -0.470. The fourth-order valence-corrected chi connectivity index (χ4v) is 7.65. The van der Waals surface area contributed by atoms with Crippen molar-refractivity contribution in [2.24, 2.45) is 14.1 Å². The third-order valence-corrected chi connectivity index (χ3v) is 10.8. The van der Waals surface area contributed by atoms with E-state index < -0.39 is 5.92 Å². The molecule has 14 heteroatoms. The van der Waals surface area contributed by atoms with Crippen LogP contribution < -0.4 is 21.2 Å². The van der Waals surface area contributed by atoms with E-state index in [2.05, 4.69) is 43.5 Å². The minimum Gasteiger partial charge on any atom is -0.464 e. The number of anilines is 2. The van der Waals surface area contributed by atoms with Crippen LogP contribution in [0.5, 0.6) is 0 Å². The lowest BCUT2D eigenvalue weighted by molar-refractivity contribution is -0.134. The van der Waals surface area contributed by atoms with Crippen molar-refractivity contribution in [1.82, 2.24) is 34.7 Å². The number of carbonyl (C=O) groups is 3. The lowest BCUT2D eigenvalue weighted by atomic mass is 9.90. The van der Waals surface area contributed by atoms with Crippen LogP contribution in [-0.4, -0.2) is 68.6 Å². The average Bonchev–Trinajstić information content (AvgIpc) is 3.73. The van der Waals surface area contributed by atoms with Crippen LogP contribution in [-0.2, 0) is 28.4 Å². The molecule has 0 radical (unpaired) electrons. The third-order valence-electron chi connectivity index (χ3n) is 10.8. The zero-order valence-electron chi connectivity index (χ0n) is 31.5. The van der Waals surface area contributed by atoms with Crippen LogP contribution in [0.2, 0.25) is 0 Å². The third kappa shape index (κ3) is 6.81. The quantitative estimate of drug-likeness (QED) is 0.172. The van der Waals surface area contributed by atoms with E-state index in [1.165, 1.54) is 0 Å². The van der Waals surface area contributed by atoms with Crippen LogP contribution in [0.15, 0.2) is 70.5 Å². The Morgan fingerprint density at radius 3 is 2.50 bits per heavy atom. The fourth-order valence-electron chi connectivity index (χ4n) is 7.65. The largest absolute Gasteiger partial charge is 0.464 e. The van der Waals surface area contributed by atoms with Gasteiger partial charge in [-0.05, 0) is 79.6 Å². The summed E-state index contributed by atoms with van der Waals surface area (Å²) < 4.78 is 14.7. The molecule has 2 aliphatic heterocycles. The van der Waals surface area contributed by atoms with E-state index >= 15 is 0 Å². The number of furan rings is 1. The molecule has 2 aromatic carbocycles. The van der Waals surface area contributed by atoms with E-state index in [1.807, 2.05) is 50.2 Å². The van der Waals surface area contributed by atoms with Gasteiger partial charge in [-0.1, -0.05) is 11.8 Å². The number of hydrogen-bond acceptors (Lipinski definition) is 10. The lowest BCUT2D eigenvalue weighted by Gasteiger charge is -2.26. The van der Waals surface area contributed by atoms with Gasteiger partial charge in [0.2, 0.25) is 11.8 Å². The molecule has 2 aliphatic rings. The molecular formula is C42H40N8O6. The monoisotopic (exact) mass is 752 g/mol. The molecule has 14 nitrogen and oxygen atoms in total. The summed E-state index contributed by atoms with van der Waals surface area (Å²) in [6.45, 7) is 3.29. The molecule has 0 bridgehead atoms. The summed E-state index contributed by atoms with van der Waals surface area (Å²) in [6.07, 6.45) is 9.12. The number of imide groups is 1. The molecule has 0 spiro atoms. The van der Waals surface area contributed by atoms with Crippen molar-refractivity contribution >= 4 is 51.1 Å². The first-order valence-corrected chi connectivity index (χ1v) is 18.5. The van der Waals surface area contributed by atoms with Crippen LogP contribution in [0.25, 0.3) is 33.4 Å². The van der Waals surface area contributed by atoms with Gasteiger partial charge in [-0.15, -0.1) is 0 Å². The molecule has 2 fully saturated rings. The molecular weight excluding hydrogens is 713 g/mol. The van der Waals surface area contributed by atoms with Crippen molar-refractivity contribution in [3.8, 4) is 23.2 Å². The number of amides is 3. The van der Waals surface area contributed by atoms with E-state index in [4.69, 9.17) is 9.15 Å². The molecule has 2 N–H and O–H groups in total. The molecule has 0 saturated carbocycles. The van der Waals surface area contributed by atoms with Crippen LogP contribution in [0, 0.1) is 18.8 Å². The summed E-state index contributed by atoms with van der Waals surface area (Å²) >= 11 is 0. The van der Waals surface area contributed by atoms with E-state index in [1.54, 1.807) is 47.1 Å². The van der Waals surface area contributed by atoms with Crippen molar-refractivity contribution in [2.75, 3.05) is 31.7 Å². The molecule has 56 heavy (non-hydrogen) atoms.